The summed E-state index contributed by atoms with van der Waals surface area (Å²) in [5.41, 5.74) is 0.385. The van der Waals surface area contributed by atoms with Gasteiger partial charge in [0.05, 0.1) is 5.75 Å². The van der Waals surface area contributed by atoms with Gasteiger partial charge in [-0.25, -0.2) is 0 Å². The topological polar surface area (TPSA) is 105 Å². The number of nitrogens with one attached hydrogen (secondary N) is 1. The van der Waals surface area contributed by atoms with Crippen molar-refractivity contribution in [1.29, 1.82) is 0 Å². The van der Waals surface area contributed by atoms with Crippen LogP contribution >= 0.6 is 39.0 Å². The average molecular weight is 466 g/mol. The molecular formula is C17H12BrN3O4S2. The molecule has 0 bridgehead atoms. The zero-order valence-electron chi connectivity index (χ0n) is 13.6. The first-order valence-corrected chi connectivity index (χ1v) is 10.1. The van der Waals surface area contributed by atoms with E-state index >= 15 is 0 Å². The lowest BCUT2D eigenvalue weighted by molar-refractivity contribution is -0.111. The van der Waals surface area contributed by atoms with Crippen molar-refractivity contribution in [2.75, 3.05) is 5.32 Å². The van der Waals surface area contributed by atoms with Crippen LogP contribution < -0.4 is 10.7 Å². The molecule has 0 aliphatic carbocycles. The van der Waals surface area contributed by atoms with E-state index in [0.29, 0.717) is 21.0 Å². The quantitative estimate of drug-likeness (QED) is 0.323. The number of carbonyl (C=O) groups is 1. The second kappa shape index (κ2) is 8.98. The Morgan fingerprint density at radius 1 is 1.37 bits per heavy atom. The molecule has 27 heavy (non-hydrogen) atoms. The van der Waals surface area contributed by atoms with Gasteiger partial charge in [-0.1, -0.05) is 57.2 Å². The second-order valence-corrected chi connectivity index (χ2v) is 8.16. The van der Waals surface area contributed by atoms with Crippen LogP contribution in [0.25, 0.3) is 6.08 Å². The van der Waals surface area contributed by atoms with Gasteiger partial charge in [0.15, 0.2) is 10.1 Å². The number of hydrogen-bond acceptors (Lipinski definition) is 8. The van der Waals surface area contributed by atoms with Crippen LogP contribution in [0.4, 0.5) is 5.13 Å². The lowest BCUT2D eigenvalue weighted by Crippen LogP contribution is -2.07. The number of anilines is 1. The van der Waals surface area contributed by atoms with Gasteiger partial charge in [0.1, 0.15) is 12.0 Å². The van der Waals surface area contributed by atoms with Gasteiger partial charge in [-0.15, -0.1) is 10.2 Å². The molecule has 0 saturated carbocycles. The molecule has 0 aliphatic heterocycles. The summed E-state index contributed by atoms with van der Waals surface area (Å²) in [5.74, 6) is 0.00299. The average Bonchev–Trinajstić information content (AvgIpc) is 3.09. The minimum absolute atomic E-state index is 0.317. The Morgan fingerprint density at radius 3 is 2.96 bits per heavy atom. The Hall–Kier alpha value is -2.43. The van der Waals surface area contributed by atoms with Crippen molar-refractivity contribution in [3.63, 3.8) is 0 Å². The summed E-state index contributed by atoms with van der Waals surface area (Å²) in [6, 6.07) is 8.77. The fraction of sp³-hybridized carbons (Fsp3) is 0.0588. The van der Waals surface area contributed by atoms with Crippen LogP contribution in [0.2, 0.25) is 0 Å². The van der Waals surface area contributed by atoms with Gasteiger partial charge < -0.3 is 9.52 Å². The molecule has 0 fully saturated rings. The van der Waals surface area contributed by atoms with Crippen molar-refractivity contribution in [1.82, 2.24) is 10.2 Å². The molecule has 0 unspecified atom stereocenters. The molecule has 0 saturated heterocycles. The Kier molecular flexibility index (Phi) is 6.43. The number of amides is 1. The first-order chi connectivity index (χ1) is 13.0. The number of halogens is 1. The molecule has 7 nitrogen and oxygen atoms in total. The number of thioether (sulfide) groups is 1. The van der Waals surface area contributed by atoms with E-state index in [0.717, 1.165) is 16.3 Å². The molecule has 2 aromatic heterocycles. The van der Waals surface area contributed by atoms with Crippen molar-refractivity contribution in [2.24, 2.45) is 0 Å². The Morgan fingerprint density at radius 2 is 2.19 bits per heavy atom. The highest BCUT2D eigenvalue weighted by Gasteiger charge is 2.09. The number of nitrogens with zero attached hydrogens (tertiary/aromatic N) is 2. The number of aromatic nitrogens is 2. The Balaban J connectivity index is 1.55. The maximum Gasteiger partial charge on any atom is 0.250 e. The van der Waals surface area contributed by atoms with Gasteiger partial charge in [-0.05, 0) is 17.7 Å². The smallest absolute Gasteiger partial charge is 0.250 e. The molecule has 138 valence electrons. The molecule has 3 aromatic rings. The standard InChI is InChI=1S/C17H12BrN3O4S2/c18-12-4-2-1-3-10(12)5-6-15(24)19-16-20-21-17(27-16)26-9-11-7-13(22)14(23)8-25-11/h1-8,23H,9H2,(H,19,20,24). The van der Waals surface area contributed by atoms with Crippen LogP contribution in [0.5, 0.6) is 5.75 Å². The lowest BCUT2D eigenvalue weighted by atomic mass is 10.2. The predicted molar refractivity (Wildman–Crippen MR) is 108 cm³/mol. The third-order valence-corrected chi connectivity index (χ3v) is 5.88. The van der Waals surface area contributed by atoms with Crippen molar-refractivity contribution in [3.05, 3.63) is 68.7 Å². The van der Waals surface area contributed by atoms with Crippen molar-refractivity contribution >= 4 is 56.1 Å². The van der Waals surface area contributed by atoms with Gasteiger partial charge >= 0.3 is 0 Å². The van der Waals surface area contributed by atoms with E-state index in [-0.39, 0.29) is 5.91 Å². The molecule has 0 atom stereocenters. The minimum atomic E-state index is -0.501. The zero-order chi connectivity index (χ0) is 19.2. The molecule has 2 N–H and O–H groups in total. The first-order valence-electron chi connectivity index (χ1n) is 7.52. The summed E-state index contributed by atoms with van der Waals surface area (Å²) in [6.07, 6.45) is 4.11. The van der Waals surface area contributed by atoms with E-state index in [4.69, 9.17) is 9.52 Å². The van der Waals surface area contributed by atoms with Crippen molar-refractivity contribution < 1.29 is 14.3 Å². The van der Waals surface area contributed by atoms with Gasteiger partial charge in [0, 0.05) is 16.6 Å². The summed E-state index contributed by atoms with van der Waals surface area (Å²) in [7, 11) is 0. The van der Waals surface area contributed by atoms with Crippen LogP contribution in [-0.4, -0.2) is 21.2 Å². The first kappa shape index (κ1) is 19.3. The van der Waals surface area contributed by atoms with Crippen LogP contribution in [0.15, 0.2) is 60.7 Å². The number of rotatable bonds is 6. The summed E-state index contributed by atoms with van der Waals surface area (Å²) in [4.78, 5) is 23.4. The van der Waals surface area contributed by atoms with E-state index < -0.39 is 11.2 Å². The molecule has 10 heteroatoms. The highest BCUT2D eigenvalue weighted by Crippen LogP contribution is 2.28. The molecule has 1 aromatic carbocycles. The molecule has 1 amide bonds. The zero-order valence-corrected chi connectivity index (χ0v) is 16.8. The number of aromatic hydroxyl groups is 1. The maximum absolute atomic E-state index is 12.0. The largest absolute Gasteiger partial charge is 0.502 e. The fourth-order valence-corrected chi connectivity index (χ4v) is 3.96. The van der Waals surface area contributed by atoms with E-state index in [2.05, 4.69) is 31.4 Å². The third-order valence-electron chi connectivity index (χ3n) is 3.16. The van der Waals surface area contributed by atoms with Gasteiger partial charge in [-0.3, -0.25) is 14.9 Å². The highest BCUT2D eigenvalue weighted by molar-refractivity contribution is 9.10. The normalized spacial score (nSPS) is 11.0. The minimum Gasteiger partial charge on any atom is -0.502 e. The van der Waals surface area contributed by atoms with E-state index in [9.17, 15) is 9.59 Å². The fourth-order valence-electron chi connectivity index (χ4n) is 1.89. The van der Waals surface area contributed by atoms with Crippen LogP contribution in [0.3, 0.4) is 0 Å². The van der Waals surface area contributed by atoms with E-state index in [1.165, 1.54) is 35.2 Å². The monoisotopic (exact) mass is 465 g/mol. The van der Waals surface area contributed by atoms with Gasteiger partial charge in [-0.2, -0.15) is 0 Å². The second-order valence-electron chi connectivity index (χ2n) is 5.10. The van der Waals surface area contributed by atoms with Gasteiger partial charge in [0.2, 0.25) is 16.5 Å². The molecule has 2 heterocycles. The number of hydrogen-bond donors (Lipinski definition) is 2. The van der Waals surface area contributed by atoms with E-state index in [1.807, 2.05) is 24.3 Å². The number of carbonyl (C=O) groups excluding carboxylic acids is 1. The summed E-state index contributed by atoms with van der Waals surface area (Å²) in [5, 5.41) is 20.1. The van der Waals surface area contributed by atoms with Crippen LogP contribution in [-0.2, 0) is 10.5 Å². The predicted octanol–water partition coefficient (Wildman–Crippen LogP) is 3.90. The Bertz CT molecular complexity index is 1050. The SMILES string of the molecule is O=C(C=Cc1ccccc1Br)Nc1nnc(SCc2cc(=O)c(O)co2)s1. The third kappa shape index (κ3) is 5.52. The molecule has 0 aliphatic rings. The summed E-state index contributed by atoms with van der Waals surface area (Å²) < 4.78 is 6.62. The van der Waals surface area contributed by atoms with Crippen LogP contribution in [0, 0.1) is 0 Å². The molecule has 0 radical (unpaired) electrons. The van der Waals surface area contributed by atoms with Crippen molar-refractivity contribution in [3.8, 4) is 5.75 Å². The van der Waals surface area contributed by atoms with Crippen LogP contribution in [0.1, 0.15) is 11.3 Å². The van der Waals surface area contributed by atoms with E-state index in [1.54, 1.807) is 6.08 Å². The summed E-state index contributed by atoms with van der Waals surface area (Å²) >= 11 is 5.93. The number of benzene rings is 1. The molecule has 0 spiro atoms. The molecular weight excluding hydrogens is 454 g/mol. The van der Waals surface area contributed by atoms with Gasteiger partial charge in [0.25, 0.3) is 0 Å². The Labute approximate surface area is 170 Å². The highest BCUT2D eigenvalue weighted by atomic mass is 79.9. The molecule has 3 rings (SSSR count). The summed E-state index contributed by atoms with van der Waals surface area (Å²) in [6.45, 7) is 0. The lowest BCUT2D eigenvalue weighted by Gasteiger charge is -1.98. The van der Waals surface area contributed by atoms with Crippen molar-refractivity contribution in [2.45, 2.75) is 10.1 Å². The maximum atomic E-state index is 12.0.